The normalized spacial score (nSPS) is 11.9. The van der Waals surface area contributed by atoms with Crippen molar-refractivity contribution in [1.82, 2.24) is 0 Å². The van der Waals surface area contributed by atoms with Gasteiger partial charge in [-0.1, -0.05) is 0 Å². The van der Waals surface area contributed by atoms with Crippen LogP contribution in [0.15, 0.2) is 18.2 Å². The molecular weight excluding hydrogens is 401 g/mol. The van der Waals surface area contributed by atoms with Crippen molar-refractivity contribution in [3.63, 3.8) is 0 Å². The van der Waals surface area contributed by atoms with Gasteiger partial charge < -0.3 is 14.6 Å². The average Bonchev–Trinajstić information content (AvgIpc) is 2.28. The van der Waals surface area contributed by atoms with Gasteiger partial charge in [-0.15, -0.1) is 0 Å². The first-order chi connectivity index (χ1) is 9.42. The first-order valence-corrected chi connectivity index (χ1v) is 6.83. The lowest BCUT2D eigenvalue weighted by Crippen LogP contribution is -2.35. The maximum atomic E-state index is 13.1. The standard InChI is InChI=1S/C13H13F2IO5/c1-12(2,3)21-10(17)8-6-7(16)4-5-9(8)20-13(14,15)11(18)19/h4-6H,1-3H3,(H,18,19). The van der Waals surface area contributed by atoms with Crippen molar-refractivity contribution in [2.75, 3.05) is 0 Å². The van der Waals surface area contributed by atoms with Crippen LogP contribution >= 0.6 is 22.6 Å². The monoisotopic (exact) mass is 414 g/mol. The first-order valence-electron chi connectivity index (χ1n) is 5.75. The molecule has 0 bridgehead atoms. The number of alkyl halides is 2. The molecule has 0 atom stereocenters. The van der Waals surface area contributed by atoms with Crippen molar-refractivity contribution >= 4 is 34.5 Å². The van der Waals surface area contributed by atoms with Crippen LogP contribution in [0.5, 0.6) is 5.75 Å². The summed E-state index contributed by atoms with van der Waals surface area (Å²) < 4.78 is 36.1. The Balaban J connectivity index is 3.17. The summed E-state index contributed by atoms with van der Waals surface area (Å²) in [6.07, 6.45) is -4.44. The molecule has 1 aromatic rings. The minimum Gasteiger partial charge on any atom is -0.474 e. The van der Waals surface area contributed by atoms with Crippen molar-refractivity contribution < 1.29 is 33.0 Å². The third-order valence-electron chi connectivity index (χ3n) is 2.05. The zero-order valence-electron chi connectivity index (χ0n) is 11.4. The van der Waals surface area contributed by atoms with Crippen LogP contribution in [-0.4, -0.2) is 28.8 Å². The molecule has 0 radical (unpaired) electrons. The molecule has 116 valence electrons. The second-order valence-electron chi connectivity index (χ2n) is 5.07. The van der Waals surface area contributed by atoms with Crippen molar-refractivity contribution in [3.05, 3.63) is 27.3 Å². The van der Waals surface area contributed by atoms with Gasteiger partial charge in [0.2, 0.25) is 0 Å². The fraction of sp³-hybridized carbons (Fsp3) is 0.385. The van der Waals surface area contributed by atoms with E-state index in [9.17, 15) is 18.4 Å². The van der Waals surface area contributed by atoms with Gasteiger partial charge in [0.15, 0.2) is 0 Å². The maximum Gasteiger partial charge on any atom is 0.501 e. The SMILES string of the molecule is CC(C)(C)OC(=O)c1cc(I)ccc1OC(F)(F)C(=O)O. The minimum atomic E-state index is -4.44. The molecule has 0 unspecified atom stereocenters. The van der Waals surface area contributed by atoms with E-state index in [2.05, 4.69) is 4.74 Å². The number of esters is 1. The maximum absolute atomic E-state index is 13.1. The number of rotatable bonds is 4. The molecule has 1 aromatic carbocycles. The van der Waals surface area contributed by atoms with Crippen LogP contribution in [0.2, 0.25) is 0 Å². The first kappa shape index (κ1) is 17.6. The van der Waals surface area contributed by atoms with Crippen LogP contribution in [-0.2, 0) is 9.53 Å². The predicted molar refractivity (Wildman–Crippen MR) is 77.5 cm³/mol. The number of carbonyl (C=O) groups is 2. The number of hydrogen-bond acceptors (Lipinski definition) is 4. The van der Waals surface area contributed by atoms with E-state index in [-0.39, 0.29) is 5.56 Å². The molecule has 5 nitrogen and oxygen atoms in total. The molecule has 21 heavy (non-hydrogen) atoms. The highest BCUT2D eigenvalue weighted by Gasteiger charge is 2.43. The molecule has 0 aliphatic rings. The Labute approximate surface area is 133 Å². The van der Waals surface area contributed by atoms with Crippen LogP contribution < -0.4 is 4.74 Å². The van der Waals surface area contributed by atoms with E-state index in [0.29, 0.717) is 3.57 Å². The molecule has 0 spiro atoms. The molecule has 8 heteroatoms. The zero-order valence-corrected chi connectivity index (χ0v) is 13.6. The number of ether oxygens (including phenoxy) is 2. The Morgan fingerprint density at radius 3 is 2.29 bits per heavy atom. The number of aliphatic carboxylic acids is 1. The van der Waals surface area contributed by atoms with Crippen LogP contribution in [0.1, 0.15) is 31.1 Å². The van der Waals surface area contributed by atoms with Gasteiger partial charge in [0.1, 0.15) is 16.9 Å². The summed E-state index contributed by atoms with van der Waals surface area (Å²) in [4.78, 5) is 22.4. The van der Waals surface area contributed by atoms with Crippen molar-refractivity contribution in [2.24, 2.45) is 0 Å². The number of carboxylic acid groups (broad SMARTS) is 1. The lowest BCUT2D eigenvalue weighted by atomic mass is 10.1. The molecule has 0 heterocycles. The number of hydrogen-bond donors (Lipinski definition) is 1. The summed E-state index contributed by atoms with van der Waals surface area (Å²) in [5.74, 6) is -3.88. The molecule has 1 N–H and O–H groups in total. The molecule has 1 rings (SSSR count). The van der Waals surface area contributed by atoms with Crippen LogP contribution in [0.25, 0.3) is 0 Å². The third kappa shape index (κ3) is 5.10. The Kier molecular flexibility index (Phi) is 5.13. The molecular formula is C13H13F2IO5. The Bertz CT molecular complexity index is 566. The fourth-order valence-corrected chi connectivity index (χ4v) is 1.76. The van der Waals surface area contributed by atoms with Gasteiger partial charge in [-0.3, -0.25) is 0 Å². The summed E-state index contributed by atoms with van der Waals surface area (Å²) in [7, 11) is 0. The third-order valence-corrected chi connectivity index (χ3v) is 2.72. The molecule has 0 saturated heterocycles. The second-order valence-corrected chi connectivity index (χ2v) is 6.31. The molecule has 0 aromatic heterocycles. The summed E-state index contributed by atoms with van der Waals surface area (Å²) >= 11 is 1.88. The van der Waals surface area contributed by atoms with Gasteiger partial charge >= 0.3 is 18.0 Å². The van der Waals surface area contributed by atoms with E-state index in [1.165, 1.54) is 12.1 Å². The number of halogens is 3. The number of carboxylic acids is 1. The minimum absolute atomic E-state index is 0.266. The van der Waals surface area contributed by atoms with Crippen LogP contribution in [0, 0.1) is 3.57 Å². The number of carbonyl (C=O) groups excluding carboxylic acids is 1. The highest BCUT2D eigenvalue weighted by atomic mass is 127. The van der Waals surface area contributed by atoms with Crippen molar-refractivity contribution in [3.8, 4) is 5.75 Å². The predicted octanol–water partition coefficient (Wildman–Crippen LogP) is 3.30. The average molecular weight is 414 g/mol. The van der Waals surface area contributed by atoms with Crippen molar-refractivity contribution in [1.29, 1.82) is 0 Å². The van der Waals surface area contributed by atoms with E-state index in [0.717, 1.165) is 6.07 Å². The largest absolute Gasteiger partial charge is 0.501 e. The van der Waals surface area contributed by atoms with Crippen molar-refractivity contribution in [2.45, 2.75) is 32.5 Å². The Morgan fingerprint density at radius 2 is 1.81 bits per heavy atom. The molecule has 0 amide bonds. The Morgan fingerprint density at radius 1 is 1.24 bits per heavy atom. The van der Waals surface area contributed by atoms with E-state index >= 15 is 0 Å². The zero-order chi connectivity index (χ0) is 16.4. The van der Waals surface area contributed by atoms with E-state index in [4.69, 9.17) is 9.84 Å². The fourth-order valence-electron chi connectivity index (χ4n) is 1.27. The molecule has 0 saturated carbocycles. The van der Waals surface area contributed by atoms with Crippen LogP contribution in [0.4, 0.5) is 8.78 Å². The van der Waals surface area contributed by atoms with Gasteiger partial charge in [-0.2, -0.15) is 8.78 Å². The lowest BCUT2D eigenvalue weighted by molar-refractivity contribution is -0.211. The van der Waals surface area contributed by atoms with E-state index in [1.54, 1.807) is 20.8 Å². The van der Waals surface area contributed by atoms with Gasteiger partial charge in [-0.05, 0) is 61.6 Å². The quantitative estimate of drug-likeness (QED) is 0.605. The number of benzene rings is 1. The molecule has 0 aliphatic carbocycles. The van der Waals surface area contributed by atoms with E-state index in [1.807, 2.05) is 22.6 Å². The second kappa shape index (κ2) is 6.12. The summed E-state index contributed by atoms with van der Waals surface area (Å²) in [6.45, 7) is 4.85. The highest BCUT2D eigenvalue weighted by Crippen LogP contribution is 2.29. The van der Waals surface area contributed by atoms with Crippen LogP contribution in [0.3, 0.4) is 0 Å². The summed E-state index contributed by atoms with van der Waals surface area (Å²) in [6, 6.07) is 3.78. The lowest BCUT2D eigenvalue weighted by Gasteiger charge is -2.21. The smallest absolute Gasteiger partial charge is 0.474 e. The van der Waals surface area contributed by atoms with Gasteiger partial charge in [-0.25, -0.2) is 9.59 Å². The summed E-state index contributed by atoms with van der Waals surface area (Å²) in [5, 5.41) is 8.38. The van der Waals surface area contributed by atoms with Gasteiger partial charge in [0.05, 0.1) is 0 Å². The molecule has 0 fully saturated rings. The topological polar surface area (TPSA) is 72.8 Å². The Hall–Kier alpha value is -1.45. The van der Waals surface area contributed by atoms with Gasteiger partial charge in [0.25, 0.3) is 0 Å². The van der Waals surface area contributed by atoms with E-state index < -0.39 is 29.4 Å². The van der Waals surface area contributed by atoms with Gasteiger partial charge in [0, 0.05) is 3.57 Å². The molecule has 0 aliphatic heterocycles. The highest BCUT2D eigenvalue weighted by molar-refractivity contribution is 14.1. The summed E-state index contributed by atoms with van der Waals surface area (Å²) in [5.41, 5.74) is -1.09.